The van der Waals surface area contributed by atoms with Crippen LogP contribution in [0.4, 0.5) is 0 Å². The fourth-order valence-electron chi connectivity index (χ4n) is 4.16. The van der Waals surface area contributed by atoms with Gasteiger partial charge in [0.05, 0.1) is 5.56 Å². The van der Waals surface area contributed by atoms with Crippen LogP contribution in [-0.2, 0) is 16.0 Å². The first kappa shape index (κ1) is 28.7. The lowest BCUT2D eigenvalue weighted by Gasteiger charge is -2.39. The normalized spacial score (nSPS) is 24.4. The van der Waals surface area contributed by atoms with Crippen LogP contribution in [-0.4, -0.2) is 87.5 Å². The highest BCUT2D eigenvalue weighted by Crippen LogP contribution is 2.35. The lowest BCUT2D eigenvalue weighted by molar-refractivity contribution is -0.229. The Morgan fingerprint density at radius 1 is 1.05 bits per heavy atom. The lowest BCUT2D eigenvalue weighted by Crippen LogP contribution is -2.56. The van der Waals surface area contributed by atoms with Crippen molar-refractivity contribution in [1.29, 1.82) is 0 Å². The zero-order valence-electron chi connectivity index (χ0n) is 20.7. The first-order valence-corrected chi connectivity index (χ1v) is 12.4. The van der Waals surface area contributed by atoms with Crippen LogP contribution in [0.2, 0.25) is 0 Å². The van der Waals surface area contributed by atoms with E-state index in [2.05, 4.69) is 5.32 Å². The van der Waals surface area contributed by atoms with E-state index >= 15 is 0 Å². The first-order valence-electron chi connectivity index (χ1n) is 12.4. The van der Waals surface area contributed by atoms with Crippen LogP contribution in [0.25, 0.3) is 0 Å². The molecule has 6 atom stereocenters. The summed E-state index contributed by atoms with van der Waals surface area (Å²) in [6.07, 6.45) is -7.55. The second-order valence-electron chi connectivity index (χ2n) is 9.12. The van der Waals surface area contributed by atoms with E-state index in [4.69, 9.17) is 9.47 Å². The second-order valence-corrected chi connectivity index (χ2v) is 9.12. The van der Waals surface area contributed by atoms with E-state index in [0.29, 0.717) is 13.0 Å². The summed E-state index contributed by atoms with van der Waals surface area (Å²) >= 11 is 0. The number of ketones is 1. The van der Waals surface area contributed by atoms with E-state index in [0.717, 1.165) is 18.5 Å². The van der Waals surface area contributed by atoms with Crippen LogP contribution in [0, 0.1) is 0 Å². The van der Waals surface area contributed by atoms with Crippen LogP contribution >= 0.6 is 0 Å². The maximum Gasteiger partial charge on any atom is 0.335 e. The molecule has 1 aliphatic heterocycles. The van der Waals surface area contributed by atoms with Gasteiger partial charge in [0.2, 0.25) is 0 Å². The summed E-state index contributed by atoms with van der Waals surface area (Å²) in [7, 11) is 0. The van der Waals surface area contributed by atoms with Crippen molar-refractivity contribution in [2.24, 2.45) is 0 Å². The van der Waals surface area contributed by atoms with Gasteiger partial charge in [-0.1, -0.05) is 43.3 Å². The zero-order chi connectivity index (χ0) is 26.9. The minimum absolute atomic E-state index is 0.0659. The molecule has 10 heteroatoms. The summed E-state index contributed by atoms with van der Waals surface area (Å²) in [6, 6.07) is 13.9. The predicted octanol–water partition coefficient (Wildman–Crippen LogP) is 0.849. The molecule has 0 aliphatic carbocycles. The van der Waals surface area contributed by atoms with Crippen molar-refractivity contribution in [3.8, 4) is 5.75 Å². The van der Waals surface area contributed by atoms with E-state index in [1.807, 2.05) is 37.3 Å². The Morgan fingerprint density at radius 3 is 2.46 bits per heavy atom. The van der Waals surface area contributed by atoms with Crippen molar-refractivity contribution in [2.45, 2.75) is 62.8 Å². The Morgan fingerprint density at radius 2 is 1.78 bits per heavy atom. The van der Waals surface area contributed by atoms with Crippen LogP contribution < -0.4 is 10.1 Å². The molecule has 6 unspecified atom stereocenters. The van der Waals surface area contributed by atoms with Gasteiger partial charge in [-0.2, -0.15) is 0 Å². The van der Waals surface area contributed by atoms with Gasteiger partial charge >= 0.3 is 5.97 Å². The van der Waals surface area contributed by atoms with Gasteiger partial charge in [0.25, 0.3) is 0 Å². The quantitative estimate of drug-likeness (QED) is 0.166. The molecular formula is C27H35NO9. The molecule has 1 aliphatic rings. The number of ether oxygens (including phenoxy) is 2. The fraction of sp³-hybridized carbons (Fsp3) is 0.481. The van der Waals surface area contributed by atoms with Crippen molar-refractivity contribution in [3.63, 3.8) is 0 Å². The summed E-state index contributed by atoms with van der Waals surface area (Å²) in [5.41, 5.74) is 1.38. The number of hydrogen-bond acceptors (Lipinski definition) is 9. The smallest absolute Gasteiger partial charge is 0.335 e. The minimum atomic E-state index is -1.82. The van der Waals surface area contributed by atoms with E-state index in [1.165, 1.54) is 18.2 Å². The number of carbonyl (C=O) groups excluding carboxylic acids is 1. The molecule has 0 radical (unpaired) electrons. The number of carbonyl (C=O) groups is 2. The molecule has 10 nitrogen and oxygen atoms in total. The molecule has 0 saturated carbocycles. The van der Waals surface area contributed by atoms with E-state index in [9.17, 15) is 35.1 Å². The summed E-state index contributed by atoms with van der Waals surface area (Å²) in [5.74, 6) is -1.54. The summed E-state index contributed by atoms with van der Waals surface area (Å²) in [4.78, 5) is 24.8. The van der Waals surface area contributed by atoms with Crippen LogP contribution in [0.1, 0.15) is 47.4 Å². The lowest BCUT2D eigenvalue weighted by atomic mass is 9.89. The molecule has 0 amide bonds. The van der Waals surface area contributed by atoms with Crippen molar-refractivity contribution < 1.29 is 44.6 Å². The summed E-state index contributed by atoms with van der Waals surface area (Å²) < 4.78 is 11.2. The molecule has 2 aromatic rings. The number of aliphatic hydroxyl groups excluding tert-OH is 4. The van der Waals surface area contributed by atoms with E-state index in [-0.39, 0.29) is 35.7 Å². The fourth-order valence-corrected chi connectivity index (χ4v) is 4.16. The van der Waals surface area contributed by atoms with Crippen molar-refractivity contribution in [3.05, 3.63) is 65.2 Å². The third-order valence-corrected chi connectivity index (χ3v) is 6.21. The van der Waals surface area contributed by atoms with Crippen LogP contribution in [0.5, 0.6) is 5.75 Å². The van der Waals surface area contributed by atoms with Gasteiger partial charge in [-0.25, -0.2) is 4.79 Å². The van der Waals surface area contributed by atoms with Gasteiger partial charge in [0.1, 0.15) is 42.9 Å². The molecule has 2 aromatic carbocycles. The summed E-state index contributed by atoms with van der Waals surface area (Å²) in [6.45, 7) is 3.01. The van der Waals surface area contributed by atoms with E-state index in [1.54, 1.807) is 0 Å². The minimum Gasteiger partial charge on any atom is -0.490 e. The number of aliphatic hydroxyl groups is 4. The van der Waals surface area contributed by atoms with Crippen LogP contribution in [0.3, 0.4) is 0 Å². The summed E-state index contributed by atoms with van der Waals surface area (Å²) in [5, 5.41) is 53.4. The van der Waals surface area contributed by atoms with Gasteiger partial charge in [-0.3, -0.25) is 4.79 Å². The maximum atomic E-state index is 13.3. The van der Waals surface area contributed by atoms with Crippen molar-refractivity contribution in [2.75, 3.05) is 19.7 Å². The topological polar surface area (TPSA) is 166 Å². The standard InChI is InChI=1S/C27H35NO9/c1-2-12-28-14-18(29)15-36-21-11-9-17(25-23(32)22(31)24(33)26(37-25)27(34)35)13-19(21)20(30)10-8-16-6-4-3-5-7-16/h3-7,9,11,13,18,22-26,28-29,31-33H,2,8,10,12,14-15H2,1H3,(H,34,35). The number of aryl methyl sites for hydroxylation is 1. The Kier molecular flexibility index (Phi) is 10.6. The largest absolute Gasteiger partial charge is 0.490 e. The number of nitrogens with one attached hydrogen (secondary N) is 1. The van der Waals surface area contributed by atoms with Crippen molar-refractivity contribution >= 4 is 11.8 Å². The SMILES string of the molecule is CCCNCC(O)COc1ccc(C2OC(C(=O)O)C(O)C(O)C2O)cc1C(=O)CCc1ccccc1. The third-order valence-electron chi connectivity index (χ3n) is 6.21. The van der Waals surface area contributed by atoms with E-state index < -0.39 is 42.6 Å². The van der Waals surface area contributed by atoms with Gasteiger partial charge in [0.15, 0.2) is 11.9 Å². The number of Topliss-reactive ketones (excluding diaryl/α,β-unsaturated/α-hetero) is 1. The molecule has 37 heavy (non-hydrogen) atoms. The Bertz CT molecular complexity index is 1030. The highest BCUT2D eigenvalue weighted by molar-refractivity contribution is 5.99. The monoisotopic (exact) mass is 517 g/mol. The predicted molar refractivity (Wildman–Crippen MR) is 133 cm³/mol. The molecule has 1 fully saturated rings. The average Bonchev–Trinajstić information content (AvgIpc) is 2.90. The number of hydrogen-bond donors (Lipinski definition) is 6. The Labute approximate surface area is 215 Å². The Balaban J connectivity index is 1.84. The molecule has 6 N–H and O–H groups in total. The second kappa shape index (κ2) is 13.6. The number of aliphatic carboxylic acids is 1. The molecule has 0 spiro atoms. The highest BCUT2D eigenvalue weighted by Gasteiger charge is 2.47. The Hall–Kier alpha value is -2.86. The molecule has 1 saturated heterocycles. The van der Waals surface area contributed by atoms with Crippen LogP contribution in [0.15, 0.2) is 48.5 Å². The first-order chi connectivity index (χ1) is 17.7. The van der Waals surface area contributed by atoms with Crippen molar-refractivity contribution in [1.82, 2.24) is 5.32 Å². The average molecular weight is 518 g/mol. The highest BCUT2D eigenvalue weighted by atomic mass is 16.6. The molecular weight excluding hydrogens is 482 g/mol. The molecule has 1 heterocycles. The number of carboxylic acids is 1. The molecule has 3 rings (SSSR count). The zero-order valence-corrected chi connectivity index (χ0v) is 20.7. The molecule has 202 valence electrons. The van der Waals surface area contributed by atoms with Gasteiger partial charge in [-0.15, -0.1) is 0 Å². The molecule has 0 aromatic heterocycles. The third kappa shape index (κ3) is 7.57. The number of benzene rings is 2. The van der Waals surface area contributed by atoms with Gasteiger partial charge < -0.3 is 40.3 Å². The number of carboxylic acid groups (broad SMARTS) is 1. The maximum absolute atomic E-state index is 13.3. The van der Waals surface area contributed by atoms with Gasteiger partial charge in [-0.05, 0) is 42.6 Å². The molecule has 0 bridgehead atoms. The van der Waals surface area contributed by atoms with Gasteiger partial charge in [0, 0.05) is 13.0 Å². The number of rotatable bonds is 13.